The highest BCUT2D eigenvalue weighted by Gasteiger charge is 2.26. The molecule has 0 aliphatic rings. The van der Waals surface area contributed by atoms with Gasteiger partial charge in [-0.25, -0.2) is 0 Å². The van der Waals surface area contributed by atoms with Crippen molar-refractivity contribution in [2.24, 2.45) is 14.1 Å². The van der Waals surface area contributed by atoms with E-state index in [0.29, 0.717) is 5.56 Å². The van der Waals surface area contributed by atoms with Crippen LogP contribution in [0.15, 0.2) is 158 Å². The highest BCUT2D eigenvalue weighted by molar-refractivity contribution is 6.27. The van der Waals surface area contributed by atoms with Gasteiger partial charge in [0.2, 0.25) is 0 Å². The van der Waals surface area contributed by atoms with Crippen LogP contribution in [0.2, 0.25) is 0 Å². The van der Waals surface area contributed by atoms with Crippen LogP contribution in [0.25, 0.3) is 110 Å². The van der Waals surface area contributed by atoms with Crippen LogP contribution in [0.3, 0.4) is 0 Å². The second-order valence-corrected chi connectivity index (χ2v) is 14.8. The maximum atomic E-state index is 10.2. The number of nitriles is 1. The zero-order chi connectivity index (χ0) is 37.2. The number of aryl methyl sites for hydroxylation is 2. The molecule has 0 saturated carbocycles. The van der Waals surface area contributed by atoms with Gasteiger partial charge >= 0.3 is 0 Å². The van der Waals surface area contributed by atoms with E-state index in [0.717, 1.165) is 44.6 Å². The lowest BCUT2D eigenvalue weighted by Gasteiger charge is -2.20. The molecule has 0 atom stereocenters. The predicted molar refractivity (Wildman–Crippen MR) is 231 cm³/mol. The van der Waals surface area contributed by atoms with E-state index in [9.17, 15) is 5.26 Å². The van der Waals surface area contributed by atoms with Gasteiger partial charge in [0.1, 0.15) is 0 Å². The normalized spacial score (nSPS) is 12.1. The summed E-state index contributed by atoms with van der Waals surface area (Å²) < 4.78 is 9.44. The first-order chi connectivity index (χ1) is 27.6. The van der Waals surface area contributed by atoms with Crippen LogP contribution in [-0.2, 0) is 14.1 Å². The van der Waals surface area contributed by atoms with E-state index in [-0.39, 0.29) is 0 Å². The lowest BCUT2D eigenvalue weighted by molar-refractivity contribution is 1.01. The number of benzene rings is 7. The van der Waals surface area contributed by atoms with E-state index < -0.39 is 0 Å². The van der Waals surface area contributed by atoms with Gasteiger partial charge < -0.3 is 18.3 Å². The number of rotatable bonds is 3. The predicted octanol–water partition coefficient (Wildman–Crippen LogP) is 12.1. The molecule has 0 spiro atoms. The fourth-order valence-corrected chi connectivity index (χ4v) is 9.72. The molecule has 0 aliphatic heterocycles. The second-order valence-electron chi connectivity index (χ2n) is 14.8. The van der Waals surface area contributed by atoms with Crippen molar-refractivity contribution in [1.29, 1.82) is 5.26 Å². The maximum absolute atomic E-state index is 10.2. The largest absolute Gasteiger partial charge is 0.344 e. The Hall–Kier alpha value is -7.62. The maximum Gasteiger partial charge on any atom is 0.0991 e. The lowest BCUT2D eigenvalue weighted by atomic mass is 10.00. The number of nitrogens with zero attached hydrogens (tertiary/aromatic N) is 6. The molecule has 0 amide bonds. The van der Waals surface area contributed by atoms with Crippen molar-refractivity contribution in [3.63, 3.8) is 0 Å². The van der Waals surface area contributed by atoms with Crippen LogP contribution in [0.4, 0.5) is 0 Å². The summed E-state index contributed by atoms with van der Waals surface area (Å²) in [5.74, 6) is 0. The summed E-state index contributed by atoms with van der Waals surface area (Å²) in [6.07, 6.45) is 4.02. The summed E-state index contributed by atoms with van der Waals surface area (Å²) >= 11 is 0. The molecule has 0 aliphatic carbocycles. The van der Waals surface area contributed by atoms with E-state index in [4.69, 9.17) is 4.98 Å². The highest BCUT2D eigenvalue weighted by Crippen LogP contribution is 2.46. The molecule has 12 aromatic rings. The summed E-state index contributed by atoms with van der Waals surface area (Å²) in [6.45, 7) is 0. The average molecular weight is 717 g/mol. The minimum atomic E-state index is 0.605. The van der Waals surface area contributed by atoms with Crippen LogP contribution in [0, 0.1) is 11.3 Å². The third-order valence-corrected chi connectivity index (χ3v) is 12.1. The molecule has 6 heteroatoms. The summed E-state index contributed by atoms with van der Waals surface area (Å²) in [6, 6.07) is 54.2. The Labute approximate surface area is 320 Å². The Morgan fingerprint density at radius 3 is 1.41 bits per heavy atom. The van der Waals surface area contributed by atoms with Gasteiger partial charge in [-0.05, 0) is 54.1 Å². The second kappa shape index (κ2) is 11.2. The van der Waals surface area contributed by atoms with Gasteiger partial charge in [-0.15, -0.1) is 0 Å². The lowest BCUT2D eigenvalue weighted by Crippen LogP contribution is -2.05. The smallest absolute Gasteiger partial charge is 0.0991 e. The molecule has 6 nitrogen and oxygen atoms in total. The van der Waals surface area contributed by atoms with Crippen LogP contribution in [0.1, 0.15) is 5.56 Å². The van der Waals surface area contributed by atoms with Crippen molar-refractivity contribution in [3.05, 3.63) is 164 Å². The Morgan fingerprint density at radius 2 is 0.911 bits per heavy atom. The van der Waals surface area contributed by atoms with Crippen molar-refractivity contribution in [3.8, 4) is 28.6 Å². The van der Waals surface area contributed by atoms with Crippen molar-refractivity contribution in [1.82, 2.24) is 23.3 Å². The number of aromatic nitrogens is 5. The van der Waals surface area contributed by atoms with Crippen molar-refractivity contribution in [2.75, 3.05) is 0 Å². The van der Waals surface area contributed by atoms with Gasteiger partial charge in [-0.2, -0.15) is 5.26 Å². The van der Waals surface area contributed by atoms with Crippen LogP contribution >= 0.6 is 0 Å². The molecule has 0 bridgehead atoms. The molecule has 0 saturated heterocycles. The molecule has 56 heavy (non-hydrogen) atoms. The van der Waals surface area contributed by atoms with Crippen LogP contribution < -0.4 is 0 Å². The third-order valence-electron chi connectivity index (χ3n) is 12.1. The number of hydrogen-bond acceptors (Lipinski definition) is 2. The molecule has 0 unspecified atom stereocenters. The first-order valence-electron chi connectivity index (χ1n) is 18.9. The molecule has 12 rings (SSSR count). The van der Waals surface area contributed by atoms with Crippen molar-refractivity contribution in [2.45, 2.75) is 0 Å². The van der Waals surface area contributed by atoms with E-state index in [1.807, 2.05) is 30.6 Å². The zero-order valence-electron chi connectivity index (χ0n) is 30.7. The zero-order valence-corrected chi connectivity index (χ0v) is 30.7. The van der Waals surface area contributed by atoms with E-state index in [2.05, 4.69) is 166 Å². The van der Waals surface area contributed by atoms with Gasteiger partial charge in [-0.1, -0.05) is 97.1 Å². The number of fused-ring (bicyclic) bond motifs is 14. The molecule has 5 aromatic heterocycles. The quantitative estimate of drug-likeness (QED) is 0.183. The molecule has 0 N–H and O–H groups in total. The van der Waals surface area contributed by atoms with Gasteiger partial charge in [0.15, 0.2) is 0 Å². The summed E-state index contributed by atoms with van der Waals surface area (Å²) in [4.78, 5) is 5.13. The summed E-state index contributed by atoms with van der Waals surface area (Å²) in [7, 11) is 4.31. The Balaban J connectivity index is 1.32. The molecule has 5 heterocycles. The summed E-state index contributed by atoms with van der Waals surface area (Å²) in [5, 5.41) is 19.8. The molecule has 262 valence electrons. The van der Waals surface area contributed by atoms with Gasteiger partial charge in [0.05, 0.1) is 68.5 Å². The van der Waals surface area contributed by atoms with E-state index in [1.54, 1.807) is 0 Å². The van der Waals surface area contributed by atoms with Gasteiger partial charge in [0, 0.05) is 73.8 Å². The fraction of sp³-hybridized carbons (Fsp3) is 0.0400. The fourth-order valence-electron chi connectivity index (χ4n) is 9.72. The minimum absolute atomic E-state index is 0.605. The molecule has 0 radical (unpaired) electrons. The molecular weight excluding hydrogens is 685 g/mol. The van der Waals surface area contributed by atoms with Crippen molar-refractivity contribution >= 4 is 87.2 Å². The summed E-state index contributed by atoms with van der Waals surface area (Å²) in [5.41, 5.74) is 13.6. The van der Waals surface area contributed by atoms with Crippen LogP contribution in [0.5, 0.6) is 0 Å². The van der Waals surface area contributed by atoms with Gasteiger partial charge in [0.25, 0.3) is 0 Å². The van der Waals surface area contributed by atoms with Crippen LogP contribution in [-0.4, -0.2) is 23.3 Å². The minimum Gasteiger partial charge on any atom is -0.344 e. The standard InChI is InChI=1S/C50H32N6/c1-53-38-18-7-5-16-36(38)47-42(53)24-22-34-32-14-3-9-20-40(32)55(49(34)47)44-28-52-29-45(46(44)31-13-11-12-30(26-31)27-51)56-41-21-10-4-15-33(41)35-23-25-43-48(50(35)56)37-17-6-8-19-39(37)54(43)2/h3-26,28-29H,1-2H3. The Kier molecular flexibility index (Phi) is 6.16. The first kappa shape index (κ1) is 30.8. The number of hydrogen-bond donors (Lipinski definition) is 0. The molecule has 0 fully saturated rings. The van der Waals surface area contributed by atoms with Gasteiger partial charge in [-0.3, -0.25) is 4.98 Å². The average Bonchev–Trinajstić information content (AvgIpc) is 3.95. The van der Waals surface area contributed by atoms with E-state index in [1.165, 1.54) is 65.2 Å². The Bertz CT molecular complexity index is 3480. The number of para-hydroxylation sites is 4. The molecular formula is C50H32N6. The Morgan fingerprint density at radius 1 is 0.446 bits per heavy atom. The molecule has 7 aromatic carbocycles. The first-order valence-corrected chi connectivity index (χ1v) is 18.9. The topological polar surface area (TPSA) is 56.4 Å². The van der Waals surface area contributed by atoms with E-state index >= 15 is 0 Å². The highest BCUT2D eigenvalue weighted by atomic mass is 15.1. The third kappa shape index (κ3) is 3.91. The SMILES string of the molecule is Cn1c2ccccc2c2c1ccc1c3ccccc3n(-c3cncc(-n4c5ccccc5c5ccc6c(c7ccccc7n6C)c54)c3-c3cccc(C#N)c3)c12. The van der Waals surface area contributed by atoms with Crippen molar-refractivity contribution < 1.29 is 0 Å². The number of pyridine rings is 1. The monoisotopic (exact) mass is 716 g/mol.